The first-order chi connectivity index (χ1) is 12.7. The van der Waals surface area contributed by atoms with Gasteiger partial charge >= 0.3 is 0 Å². The van der Waals surface area contributed by atoms with Crippen LogP contribution in [0, 0.1) is 0 Å². The van der Waals surface area contributed by atoms with Gasteiger partial charge < -0.3 is 16.3 Å². The minimum atomic E-state index is -0.425. The van der Waals surface area contributed by atoms with Crippen molar-refractivity contribution < 1.29 is 9.90 Å². The first-order valence-corrected chi connectivity index (χ1v) is 9.12. The molecule has 1 aromatic carbocycles. The number of rotatable bonds is 6. The molecular weight excluding hydrogens is 352 g/mol. The summed E-state index contributed by atoms with van der Waals surface area (Å²) in [5.41, 5.74) is 1.02. The van der Waals surface area contributed by atoms with Crippen molar-refractivity contribution >= 4 is 29.2 Å². The highest BCUT2D eigenvalue weighted by Gasteiger charge is 2.22. The molecule has 2 unspecified atom stereocenters. The van der Waals surface area contributed by atoms with Gasteiger partial charge in [-0.3, -0.25) is 9.79 Å². The van der Waals surface area contributed by atoms with Crippen LogP contribution in [0.4, 0.5) is 0 Å². The average Bonchev–Trinajstić information content (AvgIpc) is 3.30. The first-order valence-electron chi connectivity index (χ1n) is 8.31. The summed E-state index contributed by atoms with van der Waals surface area (Å²) in [5, 5.41) is 25.4. The van der Waals surface area contributed by atoms with Gasteiger partial charge in [-0.1, -0.05) is 41.7 Å². The van der Waals surface area contributed by atoms with Crippen molar-refractivity contribution in [1.29, 1.82) is 0 Å². The second-order valence-corrected chi connectivity index (χ2v) is 7.02. The molecule has 0 saturated heterocycles. The summed E-state index contributed by atoms with van der Waals surface area (Å²) >= 11 is 1.41. The van der Waals surface area contributed by atoms with Gasteiger partial charge in [0.1, 0.15) is 10.0 Å². The van der Waals surface area contributed by atoms with Crippen LogP contribution in [-0.4, -0.2) is 45.3 Å². The summed E-state index contributed by atoms with van der Waals surface area (Å²) in [7, 11) is 0. The molecule has 0 bridgehead atoms. The summed E-state index contributed by atoms with van der Waals surface area (Å²) in [6.45, 7) is 0.234. The Morgan fingerprint density at radius 1 is 1.35 bits per heavy atom. The van der Waals surface area contributed by atoms with Crippen molar-refractivity contribution in [3.05, 3.63) is 35.3 Å². The molecule has 4 N–H and O–H groups in total. The van der Waals surface area contributed by atoms with Crippen LogP contribution in [0.2, 0.25) is 0 Å². The number of nitrogens with two attached hydrogens (primary N) is 1. The Bertz CT molecular complexity index is 805. The summed E-state index contributed by atoms with van der Waals surface area (Å²) in [6, 6.07) is 9.73. The number of aliphatic imine (C=N–C) groups is 1. The van der Waals surface area contributed by atoms with E-state index in [1.807, 2.05) is 30.3 Å². The fourth-order valence-electron chi connectivity index (χ4n) is 2.67. The highest BCUT2D eigenvalue weighted by molar-refractivity contribution is 7.14. The predicted octanol–water partition coefficient (Wildman–Crippen LogP) is 1.12. The third-order valence-corrected chi connectivity index (χ3v) is 5.02. The molecule has 1 heterocycles. The quantitative estimate of drug-likeness (QED) is 0.398. The normalized spacial score (nSPS) is 20.6. The van der Waals surface area contributed by atoms with Crippen LogP contribution in [0.1, 0.15) is 24.3 Å². The molecule has 26 heavy (non-hydrogen) atoms. The third kappa shape index (κ3) is 4.70. The van der Waals surface area contributed by atoms with Crippen molar-refractivity contribution in [3.8, 4) is 10.6 Å². The number of hydrazone groups is 1. The molecule has 1 aliphatic rings. The second-order valence-electron chi connectivity index (χ2n) is 5.96. The number of hydrogen-bond acceptors (Lipinski definition) is 8. The van der Waals surface area contributed by atoms with E-state index in [1.54, 1.807) is 0 Å². The lowest BCUT2D eigenvalue weighted by atomic mass is 10.2. The Hall–Kier alpha value is -2.65. The number of nitrogens with one attached hydrogen (secondary N) is 1. The molecule has 2 atom stereocenters. The highest BCUT2D eigenvalue weighted by atomic mass is 32.1. The molecule has 1 fully saturated rings. The highest BCUT2D eigenvalue weighted by Crippen LogP contribution is 2.23. The van der Waals surface area contributed by atoms with Crippen LogP contribution < -0.4 is 11.2 Å². The van der Waals surface area contributed by atoms with Crippen molar-refractivity contribution in [2.75, 3.05) is 0 Å². The van der Waals surface area contributed by atoms with E-state index in [9.17, 15) is 9.90 Å². The molecule has 9 heteroatoms. The Balaban J connectivity index is 1.54. The smallest absolute Gasteiger partial charge is 0.273 e. The molecule has 1 saturated carbocycles. The molecular formula is C17H20N6O2S. The zero-order valence-corrected chi connectivity index (χ0v) is 14.9. The lowest BCUT2D eigenvalue weighted by Gasteiger charge is -2.04. The van der Waals surface area contributed by atoms with Crippen LogP contribution in [0.3, 0.4) is 0 Å². The van der Waals surface area contributed by atoms with Gasteiger partial charge in [-0.2, -0.15) is 5.10 Å². The van der Waals surface area contributed by atoms with Gasteiger partial charge in [0.25, 0.3) is 5.91 Å². The van der Waals surface area contributed by atoms with Crippen LogP contribution in [0.15, 0.2) is 40.4 Å². The minimum Gasteiger partial charge on any atom is -0.393 e. The minimum absolute atomic E-state index is 0.00569. The number of aliphatic hydroxyl groups excluding tert-OH is 1. The van der Waals surface area contributed by atoms with Gasteiger partial charge in [0.15, 0.2) is 5.71 Å². The van der Waals surface area contributed by atoms with Crippen LogP contribution in [-0.2, 0) is 11.3 Å². The molecule has 136 valence electrons. The Morgan fingerprint density at radius 2 is 2.15 bits per heavy atom. The van der Waals surface area contributed by atoms with E-state index in [0.717, 1.165) is 23.4 Å². The van der Waals surface area contributed by atoms with E-state index in [2.05, 4.69) is 25.6 Å². The Kier molecular flexibility index (Phi) is 6.03. The predicted molar refractivity (Wildman–Crippen MR) is 101 cm³/mol. The van der Waals surface area contributed by atoms with Crippen LogP contribution in [0.5, 0.6) is 0 Å². The monoisotopic (exact) mass is 372 g/mol. The molecule has 1 aliphatic carbocycles. The first kappa shape index (κ1) is 18.2. The largest absolute Gasteiger partial charge is 0.393 e. The Morgan fingerprint density at radius 3 is 2.85 bits per heavy atom. The fraction of sp³-hybridized carbons (Fsp3) is 0.353. The molecule has 0 radical (unpaired) electrons. The van der Waals surface area contributed by atoms with E-state index < -0.39 is 5.91 Å². The summed E-state index contributed by atoms with van der Waals surface area (Å²) in [6.07, 6.45) is 3.17. The maximum absolute atomic E-state index is 12.2. The third-order valence-electron chi connectivity index (χ3n) is 4.04. The van der Waals surface area contributed by atoms with Crippen molar-refractivity contribution in [2.24, 2.45) is 15.9 Å². The van der Waals surface area contributed by atoms with E-state index in [4.69, 9.17) is 5.84 Å². The lowest BCUT2D eigenvalue weighted by molar-refractivity contribution is -0.114. The zero-order chi connectivity index (χ0) is 18.4. The van der Waals surface area contributed by atoms with Gasteiger partial charge in [0, 0.05) is 5.56 Å². The van der Waals surface area contributed by atoms with Crippen molar-refractivity contribution in [1.82, 2.24) is 15.5 Å². The van der Waals surface area contributed by atoms with Crippen molar-refractivity contribution in [3.63, 3.8) is 0 Å². The molecule has 0 spiro atoms. The maximum atomic E-state index is 12.2. The van der Waals surface area contributed by atoms with Crippen LogP contribution in [0.25, 0.3) is 10.6 Å². The summed E-state index contributed by atoms with van der Waals surface area (Å²) in [5.74, 6) is 4.87. The Labute approximate surface area is 154 Å². The number of carbonyl (C=O) groups is 1. The summed E-state index contributed by atoms with van der Waals surface area (Å²) in [4.78, 5) is 16.5. The molecule has 2 aromatic rings. The average molecular weight is 372 g/mol. The number of nitrogens with zero attached hydrogens (tertiary/aromatic N) is 4. The fourth-order valence-corrected chi connectivity index (χ4v) is 3.45. The molecule has 1 aromatic heterocycles. The number of benzene rings is 1. The number of aromatic nitrogens is 2. The maximum Gasteiger partial charge on any atom is 0.273 e. The van der Waals surface area contributed by atoms with Gasteiger partial charge in [-0.25, -0.2) is 0 Å². The zero-order valence-electron chi connectivity index (χ0n) is 14.1. The SMILES string of the molecule is N/N=C(\C=NC1CCC(O)C1)C(=O)NCc1nnc(-c2ccccc2)s1. The van der Waals surface area contributed by atoms with E-state index in [-0.39, 0.29) is 24.4 Å². The molecule has 1 amide bonds. The molecule has 0 aliphatic heterocycles. The van der Waals surface area contributed by atoms with Gasteiger partial charge in [0.2, 0.25) is 0 Å². The summed E-state index contributed by atoms with van der Waals surface area (Å²) < 4.78 is 0. The topological polar surface area (TPSA) is 126 Å². The number of hydrogen-bond donors (Lipinski definition) is 3. The van der Waals surface area contributed by atoms with Gasteiger partial charge in [0.05, 0.1) is 24.9 Å². The van der Waals surface area contributed by atoms with Gasteiger partial charge in [-0.15, -0.1) is 10.2 Å². The van der Waals surface area contributed by atoms with E-state index in [0.29, 0.717) is 11.4 Å². The second kappa shape index (κ2) is 8.63. The lowest BCUT2D eigenvalue weighted by Crippen LogP contribution is -2.32. The van der Waals surface area contributed by atoms with Crippen molar-refractivity contribution in [2.45, 2.75) is 38.0 Å². The standard InChI is InChI=1S/C17H20N6O2S/c18-21-14(9-19-12-6-7-13(24)8-12)16(25)20-10-15-22-23-17(26-15)11-4-2-1-3-5-11/h1-5,9,12-13,24H,6-8,10,18H2,(H,20,25)/b19-9?,21-14+. The number of amides is 1. The van der Waals surface area contributed by atoms with Gasteiger partial charge in [-0.05, 0) is 19.3 Å². The van der Waals surface area contributed by atoms with E-state index >= 15 is 0 Å². The molecule has 8 nitrogen and oxygen atoms in total. The number of carbonyl (C=O) groups excluding carboxylic acids is 1. The van der Waals surface area contributed by atoms with Crippen LogP contribution >= 0.6 is 11.3 Å². The number of aliphatic hydroxyl groups is 1. The molecule has 3 rings (SSSR count). The van der Waals surface area contributed by atoms with E-state index in [1.165, 1.54) is 17.6 Å².